The van der Waals surface area contributed by atoms with Gasteiger partial charge in [-0.2, -0.15) is 4.80 Å². The molecule has 0 bridgehead atoms. The number of carbonyl (C=O) groups excluding carboxylic acids is 1. The Labute approximate surface area is 167 Å². The van der Waals surface area contributed by atoms with Crippen molar-refractivity contribution >= 4 is 16.7 Å². The maximum absolute atomic E-state index is 13.2. The summed E-state index contributed by atoms with van der Waals surface area (Å²) < 4.78 is 10.6. The van der Waals surface area contributed by atoms with Crippen molar-refractivity contribution in [1.29, 1.82) is 0 Å². The van der Waals surface area contributed by atoms with Gasteiger partial charge in [0.1, 0.15) is 6.04 Å². The molecule has 0 fully saturated rings. The summed E-state index contributed by atoms with van der Waals surface area (Å²) in [5, 5.41) is 13.5. The van der Waals surface area contributed by atoms with Crippen molar-refractivity contribution in [2.45, 2.75) is 19.9 Å². The molecule has 0 aliphatic rings. The molecule has 0 spiro atoms. The Bertz CT molecular complexity index is 1190. The average Bonchev–Trinajstić information content (AvgIpc) is 3.36. The third-order valence-corrected chi connectivity index (χ3v) is 4.94. The van der Waals surface area contributed by atoms with Gasteiger partial charge in [0.2, 0.25) is 5.82 Å². The summed E-state index contributed by atoms with van der Waals surface area (Å²) in [6, 6.07) is 12.5. The van der Waals surface area contributed by atoms with E-state index in [1.54, 1.807) is 33.3 Å². The number of hydrogen-bond acceptors (Lipinski definition) is 6. The molecule has 2 aromatic carbocycles. The van der Waals surface area contributed by atoms with E-state index in [1.165, 1.54) is 4.80 Å². The van der Waals surface area contributed by atoms with E-state index < -0.39 is 6.04 Å². The van der Waals surface area contributed by atoms with E-state index in [1.807, 2.05) is 37.3 Å². The molecule has 1 atom stereocenters. The summed E-state index contributed by atoms with van der Waals surface area (Å²) in [7, 11) is 3.14. The van der Waals surface area contributed by atoms with Gasteiger partial charge in [-0.15, -0.1) is 10.2 Å². The maximum Gasteiger partial charge on any atom is 0.205 e. The number of H-pyrrole nitrogens is 1. The Kier molecular flexibility index (Phi) is 4.75. The minimum atomic E-state index is -0.602. The molecule has 4 aromatic rings. The Hall–Kier alpha value is -3.68. The lowest BCUT2D eigenvalue weighted by Gasteiger charge is -2.09. The Balaban J connectivity index is 1.65. The molecule has 0 saturated carbocycles. The van der Waals surface area contributed by atoms with E-state index in [0.717, 1.165) is 22.2 Å². The van der Waals surface area contributed by atoms with Gasteiger partial charge in [-0.25, -0.2) is 0 Å². The van der Waals surface area contributed by atoms with Gasteiger partial charge in [0.25, 0.3) is 0 Å². The minimum Gasteiger partial charge on any atom is -0.493 e. The third kappa shape index (κ3) is 3.22. The number of para-hydroxylation sites is 1. The van der Waals surface area contributed by atoms with Gasteiger partial charge < -0.3 is 14.5 Å². The minimum absolute atomic E-state index is 0.0730. The fraction of sp³-hybridized carbons (Fsp3) is 0.238. The highest BCUT2D eigenvalue weighted by molar-refractivity contribution is 6.10. The number of fused-ring (bicyclic) bond motifs is 1. The molecule has 0 aliphatic heterocycles. The lowest BCUT2D eigenvalue weighted by atomic mass is 10.0. The number of rotatable bonds is 6. The number of ketones is 1. The Morgan fingerprint density at radius 2 is 1.86 bits per heavy atom. The average molecular weight is 391 g/mol. The molecular formula is C21H21N5O3. The van der Waals surface area contributed by atoms with Gasteiger partial charge in [0.05, 0.1) is 14.2 Å². The van der Waals surface area contributed by atoms with Crippen molar-refractivity contribution in [2.75, 3.05) is 14.2 Å². The second-order valence-electron chi connectivity index (χ2n) is 6.71. The molecule has 29 heavy (non-hydrogen) atoms. The molecule has 8 nitrogen and oxygen atoms in total. The van der Waals surface area contributed by atoms with Crippen LogP contribution in [0.2, 0.25) is 0 Å². The normalized spacial score (nSPS) is 12.1. The van der Waals surface area contributed by atoms with Crippen LogP contribution >= 0.6 is 0 Å². The van der Waals surface area contributed by atoms with Crippen molar-refractivity contribution in [3.63, 3.8) is 0 Å². The number of aromatic nitrogens is 5. The summed E-state index contributed by atoms with van der Waals surface area (Å²) in [6.07, 6.45) is 0. The number of nitrogens with zero attached hydrogens (tertiary/aromatic N) is 4. The van der Waals surface area contributed by atoms with Crippen molar-refractivity contribution in [3.05, 3.63) is 53.7 Å². The van der Waals surface area contributed by atoms with Crippen LogP contribution in [0.4, 0.5) is 0 Å². The van der Waals surface area contributed by atoms with Crippen LogP contribution < -0.4 is 9.47 Å². The lowest BCUT2D eigenvalue weighted by molar-refractivity contribution is 0.0919. The first kappa shape index (κ1) is 18.7. The number of tetrazole rings is 1. The molecule has 2 heterocycles. The summed E-state index contributed by atoms with van der Waals surface area (Å²) in [5.74, 6) is 1.51. The zero-order valence-corrected chi connectivity index (χ0v) is 16.6. The summed E-state index contributed by atoms with van der Waals surface area (Å²) in [4.78, 5) is 17.8. The smallest absolute Gasteiger partial charge is 0.205 e. The number of carbonyl (C=O) groups is 1. The van der Waals surface area contributed by atoms with Gasteiger partial charge in [-0.1, -0.05) is 18.2 Å². The van der Waals surface area contributed by atoms with Crippen LogP contribution in [0.5, 0.6) is 11.5 Å². The number of nitrogens with one attached hydrogen (secondary N) is 1. The van der Waals surface area contributed by atoms with E-state index in [4.69, 9.17) is 9.47 Å². The number of methoxy groups -OCH3 is 2. The van der Waals surface area contributed by atoms with Gasteiger partial charge in [0.15, 0.2) is 17.3 Å². The summed E-state index contributed by atoms with van der Waals surface area (Å²) in [6.45, 7) is 3.66. The molecule has 0 saturated heterocycles. The number of Topliss-reactive ketones (excluding diaryl/α,β-unsaturated/α-hetero) is 1. The molecule has 4 rings (SSSR count). The van der Waals surface area contributed by atoms with Crippen LogP contribution in [0, 0.1) is 6.92 Å². The fourth-order valence-corrected chi connectivity index (χ4v) is 3.39. The predicted molar refractivity (Wildman–Crippen MR) is 108 cm³/mol. The third-order valence-electron chi connectivity index (χ3n) is 4.94. The van der Waals surface area contributed by atoms with Gasteiger partial charge in [-0.3, -0.25) is 4.79 Å². The molecule has 2 aromatic heterocycles. The van der Waals surface area contributed by atoms with Crippen molar-refractivity contribution in [3.8, 4) is 22.9 Å². The Morgan fingerprint density at radius 1 is 1.10 bits per heavy atom. The molecule has 0 unspecified atom stereocenters. The SMILES string of the molecule is COc1ccc(-c2nnn([C@@H](C)C(=O)c3c(C)[nH]c4ccccc34)n2)cc1OC. The first-order valence-corrected chi connectivity index (χ1v) is 9.17. The van der Waals surface area contributed by atoms with Crippen LogP contribution in [-0.4, -0.2) is 45.2 Å². The van der Waals surface area contributed by atoms with Crippen molar-refractivity contribution in [1.82, 2.24) is 25.2 Å². The van der Waals surface area contributed by atoms with E-state index in [2.05, 4.69) is 20.4 Å². The van der Waals surface area contributed by atoms with E-state index in [0.29, 0.717) is 22.9 Å². The number of benzene rings is 2. The van der Waals surface area contributed by atoms with Crippen LogP contribution in [0.3, 0.4) is 0 Å². The van der Waals surface area contributed by atoms with Crippen LogP contribution in [0.15, 0.2) is 42.5 Å². The summed E-state index contributed by atoms with van der Waals surface area (Å²) in [5.41, 5.74) is 3.12. The van der Waals surface area contributed by atoms with Crippen molar-refractivity contribution in [2.24, 2.45) is 0 Å². The second kappa shape index (κ2) is 7.38. The lowest BCUT2D eigenvalue weighted by Crippen LogP contribution is -2.19. The van der Waals surface area contributed by atoms with Gasteiger partial charge in [0, 0.05) is 27.7 Å². The predicted octanol–water partition coefficient (Wildman–Crippen LogP) is 3.59. The maximum atomic E-state index is 13.2. The fourth-order valence-electron chi connectivity index (χ4n) is 3.39. The van der Waals surface area contributed by atoms with Crippen LogP contribution in [-0.2, 0) is 0 Å². The molecule has 0 aliphatic carbocycles. The molecule has 8 heteroatoms. The quantitative estimate of drug-likeness (QED) is 0.505. The van der Waals surface area contributed by atoms with Crippen LogP contribution in [0.25, 0.3) is 22.3 Å². The zero-order chi connectivity index (χ0) is 20.5. The van der Waals surface area contributed by atoms with Gasteiger partial charge >= 0.3 is 0 Å². The molecular weight excluding hydrogens is 370 g/mol. The molecule has 0 amide bonds. The summed E-state index contributed by atoms with van der Waals surface area (Å²) >= 11 is 0. The Morgan fingerprint density at radius 3 is 2.62 bits per heavy atom. The first-order chi connectivity index (χ1) is 14.0. The zero-order valence-electron chi connectivity index (χ0n) is 16.6. The highest BCUT2D eigenvalue weighted by Gasteiger charge is 2.25. The highest BCUT2D eigenvalue weighted by atomic mass is 16.5. The van der Waals surface area contributed by atoms with Gasteiger partial charge in [-0.05, 0) is 43.3 Å². The number of hydrogen-bond donors (Lipinski definition) is 1. The van der Waals surface area contributed by atoms with Crippen molar-refractivity contribution < 1.29 is 14.3 Å². The van der Waals surface area contributed by atoms with E-state index in [-0.39, 0.29) is 5.78 Å². The molecule has 148 valence electrons. The largest absolute Gasteiger partial charge is 0.493 e. The number of aryl methyl sites for hydroxylation is 1. The number of ether oxygens (including phenoxy) is 2. The number of aromatic amines is 1. The monoisotopic (exact) mass is 391 g/mol. The molecule has 1 N–H and O–H groups in total. The van der Waals surface area contributed by atoms with E-state index >= 15 is 0 Å². The molecule has 0 radical (unpaired) electrons. The van der Waals surface area contributed by atoms with E-state index in [9.17, 15) is 4.79 Å². The first-order valence-electron chi connectivity index (χ1n) is 9.17. The standard InChI is InChI=1S/C21H21N5O3/c1-12-19(15-7-5-6-8-16(15)22-12)20(27)13(2)26-24-21(23-25-26)14-9-10-17(28-3)18(11-14)29-4/h5-11,13,22H,1-4H3/t13-/m0/s1. The second-order valence-corrected chi connectivity index (χ2v) is 6.71. The van der Waals surface area contributed by atoms with Crippen LogP contribution in [0.1, 0.15) is 29.0 Å². The topological polar surface area (TPSA) is 94.9 Å². The highest BCUT2D eigenvalue weighted by Crippen LogP contribution is 2.31.